The van der Waals surface area contributed by atoms with Crippen LogP contribution in [0.2, 0.25) is 0 Å². The highest BCUT2D eigenvalue weighted by Gasteiger charge is 2.30. The highest BCUT2D eigenvalue weighted by Crippen LogP contribution is 2.30. The Kier molecular flexibility index (Phi) is 5.97. The lowest BCUT2D eigenvalue weighted by Gasteiger charge is -2.17. The van der Waals surface area contributed by atoms with E-state index < -0.39 is 37.5 Å². The molecule has 0 aliphatic carbocycles. The lowest BCUT2D eigenvalue weighted by Crippen LogP contribution is -2.20. The van der Waals surface area contributed by atoms with Gasteiger partial charge in [0.1, 0.15) is 4.90 Å². The van der Waals surface area contributed by atoms with Gasteiger partial charge >= 0.3 is 6.18 Å². The minimum Gasteiger partial charge on any atom is -0.246 e. The van der Waals surface area contributed by atoms with Crippen molar-refractivity contribution in [2.24, 2.45) is 5.14 Å². The predicted molar refractivity (Wildman–Crippen MR) is 95.8 cm³/mol. The van der Waals surface area contributed by atoms with Crippen molar-refractivity contribution >= 4 is 32.7 Å². The number of benzene rings is 2. The molecule has 0 aliphatic heterocycles. The molecule has 0 aliphatic rings. The fourth-order valence-corrected chi connectivity index (χ4v) is 3.64. The van der Waals surface area contributed by atoms with Gasteiger partial charge in [0.05, 0.1) is 11.3 Å². The van der Waals surface area contributed by atoms with Gasteiger partial charge in [0.15, 0.2) is 0 Å². The summed E-state index contributed by atoms with van der Waals surface area (Å²) in [6.45, 7) is 1.60. The van der Waals surface area contributed by atoms with E-state index in [1.807, 2.05) is 0 Å². The summed E-state index contributed by atoms with van der Waals surface area (Å²) in [6, 6.07) is 8.16. The molecule has 0 unspecified atom stereocenters. The predicted octanol–water partition coefficient (Wildman–Crippen LogP) is 2.66. The first-order chi connectivity index (χ1) is 12.4. The number of primary sulfonamides is 1. The molecule has 2 aromatic carbocycles. The van der Waals surface area contributed by atoms with Crippen LogP contribution in [0.1, 0.15) is 16.7 Å². The van der Waals surface area contributed by atoms with E-state index in [9.17, 15) is 30.0 Å². The maximum atomic E-state index is 12.8. The molecular weight excluding hydrogens is 405 g/mol. The van der Waals surface area contributed by atoms with E-state index in [-0.39, 0.29) is 11.3 Å². The smallest absolute Gasteiger partial charge is 0.246 e. The summed E-state index contributed by atoms with van der Waals surface area (Å²) in [5.41, 5.74) is -0.521. The highest BCUT2D eigenvalue weighted by atomic mass is 32.2. The second-order valence-corrected chi connectivity index (χ2v) is 7.97. The maximum absolute atomic E-state index is 12.8. The summed E-state index contributed by atoms with van der Waals surface area (Å²) in [7, 11) is -7.57. The molecule has 0 saturated heterocycles. The number of alkyl halides is 3. The third-order valence-electron chi connectivity index (χ3n) is 3.47. The first-order valence-corrected chi connectivity index (χ1v) is 10.00. The molecule has 0 radical (unpaired) electrons. The molecule has 0 aromatic heterocycles. The standard InChI is InChI=1S/C16H15F3N2O4S2/c1-11-5-6-14(15(9-11)27(20,24)25)21(26(22)23)8-7-12-3-2-4-13(10-12)16(17,18)19/h2-10,26H,1H3,(H2,20,24,25). The molecule has 6 nitrogen and oxygen atoms in total. The van der Waals surface area contributed by atoms with Crippen LogP contribution in [-0.2, 0) is 27.1 Å². The zero-order valence-corrected chi connectivity index (χ0v) is 15.6. The third kappa shape index (κ3) is 5.31. The SMILES string of the molecule is Cc1ccc(N(C=Cc2cccc(C(F)(F)F)c2)[SH](=O)=O)c(S(N)(=O)=O)c1. The van der Waals surface area contributed by atoms with Crippen molar-refractivity contribution < 1.29 is 30.0 Å². The van der Waals surface area contributed by atoms with E-state index in [4.69, 9.17) is 5.14 Å². The molecule has 0 fully saturated rings. The lowest BCUT2D eigenvalue weighted by atomic mass is 10.1. The number of sulfonamides is 1. The summed E-state index contributed by atoms with van der Waals surface area (Å²) in [6.07, 6.45) is -2.47. The summed E-state index contributed by atoms with van der Waals surface area (Å²) in [5.74, 6) is 0. The summed E-state index contributed by atoms with van der Waals surface area (Å²) in [5, 5.41) is 5.14. The van der Waals surface area contributed by atoms with E-state index >= 15 is 0 Å². The Bertz CT molecular complexity index is 1050. The molecular formula is C16H15F3N2O4S2. The monoisotopic (exact) mass is 420 g/mol. The number of aryl methyl sites for hydroxylation is 1. The first kappa shape index (κ1) is 20.9. The number of rotatable bonds is 5. The van der Waals surface area contributed by atoms with Crippen LogP contribution in [0.15, 0.2) is 53.6 Å². The van der Waals surface area contributed by atoms with Crippen LogP contribution in [0.25, 0.3) is 6.08 Å². The van der Waals surface area contributed by atoms with Gasteiger partial charge in [-0.3, -0.25) is 0 Å². The van der Waals surface area contributed by atoms with Gasteiger partial charge in [0, 0.05) is 6.20 Å². The number of nitrogens with zero attached hydrogens (tertiary/aromatic N) is 1. The maximum Gasteiger partial charge on any atom is 0.416 e. The van der Waals surface area contributed by atoms with E-state index in [0.717, 1.165) is 24.4 Å². The second-order valence-electron chi connectivity index (χ2n) is 5.54. The van der Waals surface area contributed by atoms with Gasteiger partial charge in [0.25, 0.3) is 0 Å². The van der Waals surface area contributed by atoms with Crippen LogP contribution >= 0.6 is 0 Å². The molecule has 0 amide bonds. The number of thiol groups is 1. The van der Waals surface area contributed by atoms with E-state index in [2.05, 4.69) is 0 Å². The Balaban J connectivity index is 2.51. The number of hydrogen-bond acceptors (Lipinski definition) is 4. The number of anilines is 1. The van der Waals surface area contributed by atoms with Gasteiger partial charge in [-0.05, 0) is 48.4 Å². The fourth-order valence-electron chi connectivity index (χ4n) is 2.24. The van der Waals surface area contributed by atoms with Gasteiger partial charge in [-0.2, -0.15) is 13.2 Å². The molecule has 2 rings (SSSR count). The quantitative estimate of drug-likeness (QED) is 0.727. The molecule has 146 valence electrons. The Morgan fingerprint density at radius 1 is 1.11 bits per heavy atom. The first-order valence-electron chi connectivity index (χ1n) is 7.32. The lowest BCUT2D eigenvalue weighted by molar-refractivity contribution is -0.137. The van der Waals surface area contributed by atoms with Crippen molar-refractivity contribution in [2.75, 3.05) is 4.31 Å². The molecule has 0 heterocycles. The van der Waals surface area contributed by atoms with Crippen molar-refractivity contribution in [3.63, 3.8) is 0 Å². The molecule has 27 heavy (non-hydrogen) atoms. The second kappa shape index (κ2) is 7.71. The summed E-state index contributed by atoms with van der Waals surface area (Å²) < 4.78 is 85.7. The van der Waals surface area contributed by atoms with Crippen LogP contribution < -0.4 is 9.44 Å². The van der Waals surface area contributed by atoms with Gasteiger partial charge in [-0.15, -0.1) is 0 Å². The van der Waals surface area contributed by atoms with Crippen molar-refractivity contribution in [1.29, 1.82) is 0 Å². The Labute approximate surface area is 155 Å². The highest BCUT2D eigenvalue weighted by molar-refractivity contribution is 7.89. The number of halogens is 3. The molecule has 0 bridgehead atoms. The molecule has 0 saturated carbocycles. The van der Waals surface area contributed by atoms with E-state index in [1.54, 1.807) is 6.92 Å². The Hall–Kier alpha value is -2.37. The molecule has 2 aromatic rings. The fraction of sp³-hybridized carbons (Fsp3) is 0.125. The molecule has 11 heteroatoms. The van der Waals surface area contributed by atoms with Crippen molar-refractivity contribution in [1.82, 2.24) is 0 Å². The van der Waals surface area contributed by atoms with E-state index in [0.29, 0.717) is 9.87 Å². The molecule has 0 atom stereocenters. The summed E-state index contributed by atoms with van der Waals surface area (Å²) >= 11 is 0. The Morgan fingerprint density at radius 2 is 1.78 bits per heavy atom. The average molecular weight is 420 g/mol. The van der Waals surface area contributed by atoms with Gasteiger partial charge in [-0.1, -0.05) is 18.2 Å². The minimum absolute atomic E-state index is 0.0796. The van der Waals surface area contributed by atoms with Crippen LogP contribution in [-0.4, -0.2) is 16.8 Å². The minimum atomic E-state index is -4.55. The average Bonchev–Trinajstić information content (AvgIpc) is 2.54. The third-order valence-corrected chi connectivity index (χ3v) is 5.11. The molecule has 2 N–H and O–H groups in total. The topological polar surface area (TPSA) is 97.5 Å². The van der Waals surface area contributed by atoms with Crippen LogP contribution in [0.4, 0.5) is 18.9 Å². The Morgan fingerprint density at radius 3 is 2.33 bits per heavy atom. The molecule has 0 spiro atoms. The zero-order chi connectivity index (χ0) is 20.4. The van der Waals surface area contributed by atoms with Crippen LogP contribution in [0.3, 0.4) is 0 Å². The van der Waals surface area contributed by atoms with Gasteiger partial charge < -0.3 is 0 Å². The van der Waals surface area contributed by atoms with E-state index in [1.165, 1.54) is 30.3 Å². The summed E-state index contributed by atoms with van der Waals surface area (Å²) in [4.78, 5) is -0.421. The van der Waals surface area contributed by atoms with Gasteiger partial charge in [-0.25, -0.2) is 26.3 Å². The normalized spacial score (nSPS) is 12.7. The largest absolute Gasteiger partial charge is 0.416 e. The zero-order valence-electron chi connectivity index (χ0n) is 13.8. The van der Waals surface area contributed by atoms with Crippen LogP contribution in [0.5, 0.6) is 0 Å². The van der Waals surface area contributed by atoms with Gasteiger partial charge in [0.2, 0.25) is 20.9 Å². The van der Waals surface area contributed by atoms with Crippen molar-refractivity contribution in [3.8, 4) is 0 Å². The van der Waals surface area contributed by atoms with Crippen molar-refractivity contribution in [3.05, 3.63) is 65.4 Å². The number of nitrogens with two attached hydrogens (primary N) is 1. The van der Waals surface area contributed by atoms with Crippen LogP contribution in [0, 0.1) is 6.92 Å². The number of hydrogen-bond donors (Lipinski definition) is 2. The van der Waals surface area contributed by atoms with Crippen molar-refractivity contribution in [2.45, 2.75) is 18.0 Å².